The lowest BCUT2D eigenvalue weighted by Crippen LogP contribution is -2.41. The fourth-order valence-electron chi connectivity index (χ4n) is 4.18. The van der Waals surface area contributed by atoms with E-state index in [0.29, 0.717) is 6.54 Å². The first-order valence-corrected chi connectivity index (χ1v) is 10.2. The first-order valence-electron chi connectivity index (χ1n) is 10.2. The van der Waals surface area contributed by atoms with Crippen molar-refractivity contribution in [2.45, 2.75) is 52.1 Å². The van der Waals surface area contributed by atoms with Crippen molar-refractivity contribution in [3.8, 4) is 0 Å². The lowest BCUT2D eigenvalue weighted by Gasteiger charge is -2.30. The summed E-state index contributed by atoms with van der Waals surface area (Å²) >= 11 is 0. The fourth-order valence-corrected chi connectivity index (χ4v) is 4.18. The smallest absolute Gasteiger partial charge is 0.318 e. The molecule has 146 valence electrons. The van der Waals surface area contributed by atoms with E-state index in [1.165, 1.54) is 28.6 Å². The summed E-state index contributed by atoms with van der Waals surface area (Å²) in [6.45, 7) is 5.56. The maximum Gasteiger partial charge on any atom is 0.318 e. The molecule has 2 amide bonds. The molecular formula is C23H28N4O. The van der Waals surface area contributed by atoms with Gasteiger partial charge in [-0.3, -0.25) is 4.98 Å². The Balaban J connectivity index is 1.49. The highest BCUT2D eigenvalue weighted by atomic mass is 16.2. The highest BCUT2D eigenvalue weighted by Gasteiger charge is 2.26. The number of aromatic amines is 1. The highest BCUT2D eigenvalue weighted by Crippen LogP contribution is 2.30. The first-order chi connectivity index (χ1) is 13.6. The van der Waals surface area contributed by atoms with Crippen LogP contribution in [0.2, 0.25) is 0 Å². The number of pyridine rings is 1. The summed E-state index contributed by atoms with van der Waals surface area (Å²) in [5.41, 5.74) is 5.91. The number of carbonyl (C=O) groups is 1. The zero-order chi connectivity index (χ0) is 19.5. The van der Waals surface area contributed by atoms with E-state index in [4.69, 9.17) is 0 Å². The second-order valence-corrected chi connectivity index (χ2v) is 7.75. The van der Waals surface area contributed by atoms with Crippen LogP contribution in [-0.2, 0) is 6.54 Å². The molecule has 5 heteroatoms. The number of rotatable bonds is 3. The molecule has 1 atom stereocenters. The van der Waals surface area contributed by atoms with E-state index in [0.717, 1.165) is 36.9 Å². The fraction of sp³-hybridized carbons (Fsp3) is 0.391. The Morgan fingerprint density at radius 1 is 1.18 bits per heavy atom. The summed E-state index contributed by atoms with van der Waals surface area (Å²) in [4.78, 5) is 22.6. The zero-order valence-corrected chi connectivity index (χ0v) is 16.7. The summed E-state index contributed by atoms with van der Waals surface area (Å²) in [7, 11) is 0. The Kier molecular flexibility index (Phi) is 5.33. The van der Waals surface area contributed by atoms with Gasteiger partial charge in [0.1, 0.15) is 0 Å². The SMILES string of the molecule is Cc1[nH]c2ccc(CNC(=O)N3CCCCC[C@@H]3c3ccncc3)cc2c1C. The average Bonchev–Trinajstić information content (AvgIpc) is 2.90. The number of nitrogens with one attached hydrogen (secondary N) is 2. The van der Waals surface area contributed by atoms with Gasteiger partial charge in [0, 0.05) is 42.1 Å². The molecule has 1 fully saturated rings. The normalized spacial score (nSPS) is 17.5. The molecule has 1 aromatic carbocycles. The van der Waals surface area contributed by atoms with Gasteiger partial charge in [-0.2, -0.15) is 0 Å². The van der Waals surface area contributed by atoms with Crippen molar-refractivity contribution in [3.63, 3.8) is 0 Å². The van der Waals surface area contributed by atoms with Crippen LogP contribution >= 0.6 is 0 Å². The number of urea groups is 1. The van der Waals surface area contributed by atoms with Crippen molar-refractivity contribution in [1.82, 2.24) is 20.2 Å². The summed E-state index contributed by atoms with van der Waals surface area (Å²) in [5.74, 6) is 0. The summed E-state index contributed by atoms with van der Waals surface area (Å²) in [6, 6.07) is 10.6. The van der Waals surface area contributed by atoms with Crippen LogP contribution in [0.4, 0.5) is 4.79 Å². The number of amides is 2. The minimum absolute atomic E-state index is 0.0192. The highest BCUT2D eigenvalue weighted by molar-refractivity contribution is 5.85. The lowest BCUT2D eigenvalue weighted by molar-refractivity contribution is 0.175. The number of nitrogens with zero attached hydrogens (tertiary/aromatic N) is 2. The number of aryl methyl sites for hydroxylation is 2. The molecule has 0 saturated carbocycles. The van der Waals surface area contributed by atoms with Crippen molar-refractivity contribution in [2.24, 2.45) is 0 Å². The van der Waals surface area contributed by atoms with Gasteiger partial charge in [0.05, 0.1) is 6.04 Å². The van der Waals surface area contributed by atoms with Crippen LogP contribution in [0.5, 0.6) is 0 Å². The molecule has 4 rings (SSSR count). The van der Waals surface area contributed by atoms with Crippen LogP contribution in [0, 0.1) is 13.8 Å². The van der Waals surface area contributed by atoms with E-state index in [1.807, 2.05) is 29.4 Å². The predicted molar refractivity (Wildman–Crippen MR) is 112 cm³/mol. The van der Waals surface area contributed by atoms with Crippen LogP contribution in [0.3, 0.4) is 0 Å². The van der Waals surface area contributed by atoms with E-state index in [-0.39, 0.29) is 12.1 Å². The second kappa shape index (κ2) is 8.05. The third-order valence-electron chi connectivity index (χ3n) is 5.92. The largest absolute Gasteiger partial charge is 0.358 e. The standard InChI is InChI=1S/C23H28N4O/c1-16-17(2)26-21-8-7-18(14-20(16)21)15-25-23(28)27-13-5-3-4-6-22(27)19-9-11-24-12-10-19/h7-12,14,22,26H,3-6,13,15H2,1-2H3,(H,25,28)/t22-/m1/s1. The first kappa shape index (κ1) is 18.5. The van der Waals surface area contributed by atoms with Crippen molar-refractivity contribution < 1.29 is 4.79 Å². The topological polar surface area (TPSA) is 61.0 Å². The predicted octanol–water partition coefficient (Wildman–Crippen LogP) is 5.01. The Morgan fingerprint density at radius 2 is 2.00 bits per heavy atom. The molecule has 0 unspecified atom stereocenters. The molecule has 1 aliphatic heterocycles. The van der Waals surface area contributed by atoms with E-state index in [9.17, 15) is 4.79 Å². The van der Waals surface area contributed by atoms with Crippen LogP contribution in [0.25, 0.3) is 10.9 Å². The van der Waals surface area contributed by atoms with Crippen LogP contribution in [0.15, 0.2) is 42.7 Å². The number of hydrogen-bond donors (Lipinski definition) is 2. The number of H-pyrrole nitrogens is 1. The van der Waals surface area contributed by atoms with Gasteiger partial charge in [-0.05, 0) is 67.6 Å². The number of aromatic nitrogens is 2. The molecule has 1 aliphatic rings. The Morgan fingerprint density at radius 3 is 2.82 bits per heavy atom. The van der Waals surface area contributed by atoms with Gasteiger partial charge in [0.25, 0.3) is 0 Å². The quantitative estimate of drug-likeness (QED) is 0.675. The van der Waals surface area contributed by atoms with Gasteiger partial charge in [-0.25, -0.2) is 4.79 Å². The van der Waals surface area contributed by atoms with E-state index in [2.05, 4.69) is 47.3 Å². The molecule has 2 aromatic heterocycles. The van der Waals surface area contributed by atoms with Crippen molar-refractivity contribution in [1.29, 1.82) is 0 Å². The van der Waals surface area contributed by atoms with E-state index in [1.54, 1.807) is 0 Å². The Bertz CT molecular complexity index is 963. The molecule has 28 heavy (non-hydrogen) atoms. The molecule has 0 aliphatic carbocycles. The molecule has 5 nitrogen and oxygen atoms in total. The van der Waals surface area contributed by atoms with Gasteiger partial charge in [-0.15, -0.1) is 0 Å². The maximum absolute atomic E-state index is 13.0. The Labute approximate surface area is 166 Å². The number of benzene rings is 1. The minimum Gasteiger partial charge on any atom is -0.358 e. The molecule has 2 N–H and O–H groups in total. The molecule has 3 heterocycles. The van der Waals surface area contributed by atoms with Gasteiger partial charge in [-0.1, -0.05) is 18.9 Å². The Hall–Kier alpha value is -2.82. The van der Waals surface area contributed by atoms with Crippen molar-refractivity contribution in [3.05, 3.63) is 65.1 Å². The monoisotopic (exact) mass is 376 g/mol. The van der Waals surface area contributed by atoms with Gasteiger partial charge in [0.15, 0.2) is 0 Å². The van der Waals surface area contributed by atoms with Crippen LogP contribution in [0.1, 0.15) is 54.1 Å². The molecule has 3 aromatic rings. The lowest BCUT2D eigenvalue weighted by atomic mass is 10.0. The third-order valence-corrected chi connectivity index (χ3v) is 5.92. The average molecular weight is 377 g/mol. The third kappa shape index (κ3) is 3.75. The van der Waals surface area contributed by atoms with Gasteiger partial charge >= 0.3 is 6.03 Å². The number of hydrogen-bond acceptors (Lipinski definition) is 2. The van der Waals surface area contributed by atoms with Crippen molar-refractivity contribution in [2.75, 3.05) is 6.54 Å². The van der Waals surface area contributed by atoms with Gasteiger partial charge < -0.3 is 15.2 Å². The summed E-state index contributed by atoms with van der Waals surface area (Å²) < 4.78 is 0. The molecule has 1 saturated heterocycles. The van der Waals surface area contributed by atoms with Crippen LogP contribution in [-0.4, -0.2) is 27.4 Å². The molecule has 0 spiro atoms. The number of carbonyl (C=O) groups excluding carboxylic acids is 1. The molecular weight excluding hydrogens is 348 g/mol. The summed E-state index contributed by atoms with van der Waals surface area (Å²) in [6.07, 6.45) is 8.02. The zero-order valence-electron chi connectivity index (χ0n) is 16.7. The van der Waals surface area contributed by atoms with E-state index < -0.39 is 0 Å². The number of fused-ring (bicyclic) bond motifs is 1. The van der Waals surface area contributed by atoms with Crippen molar-refractivity contribution >= 4 is 16.9 Å². The maximum atomic E-state index is 13.0. The number of likely N-dealkylation sites (tertiary alicyclic amines) is 1. The summed E-state index contributed by atoms with van der Waals surface area (Å²) in [5, 5.41) is 4.38. The molecule has 0 bridgehead atoms. The second-order valence-electron chi connectivity index (χ2n) is 7.75. The van der Waals surface area contributed by atoms with Crippen LogP contribution < -0.4 is 5.32 Å². The molecule has 0 radical (unpaired) electrons. The minimum atomic E-state index is 0.0192. The van der Waals surface area contributed by atoms with E-state index >= 15 is 0 Å². The van der Waals surface area contributed by atoms with Gasteiger partial charge in [0.2, 0.25) is 0 Å².